The summed E-state index contributed by atoms with van der Waals surface area (Å²) in [6.45, 7) is -1.48. The number of anilines is 1. The van der Waals surface area contributed by atoms with E-state index in [2.05, 4.69) is 10.1 Å². The van der Waals surface area contributed by atoms with Gasteiger partial charge in [-0.05, 0) is 48.7 Å². The van der Waals surface area contributed by atoms with Crippen LogP contribution in [0.2, 0.25) is 0 Å². The summed E-state index contributed by atoms with van der Waals surface area (Å²) in [4.78, 5) is 0.248. The first kappa shape index (κ1) is 20.3. The molecular weight excluding hydrogens is 390 g/mol. The van der Waals surface area contributed by atoms with Crippen molar-refractivity contribution < 1.29 is 26.7 Å². The maximum absolute atomic E-state index is 12.7. The maximum atomic E-state index is 12.7. The lowest BCUT2D eigenvalue weighted by molar-refractivity contribution is -0.0512. The van der Waals surface area contributed by atoms with E-state index >= 15 is 0 Å². The summed E-state index contributed by atoms with van der Waals surface area (Å²) < 4.78 is 61.2. The molecule has 6 nitrogen and oxygen atoms in total. The normalized spacial score (nSPS) is 15.0. The Bertz CT molecular complexity index is 916. The Morgan fingerprint density at radius 1 is 1.11 bits per heavy atom. The summed E-state index contributed by atoms with van der Waals surface area (Å²) in [5.74, 6) is 0.157. The number of hydrogen-bond donors (Lipinski definition) is 1. The van der Waals surface area contributed by atoms with Crippen LogP contribution in [0.1, 0.15) is 18.4 Å². The van der Waals surface area contributed by atoms with Gasteiger partial charge < -0.3 is 14.8 Å². The largest absolute Gasteiger partial charge is 0.493 e. The number of ether oxygens (including phenoxy) is 2. The van der Waals surface area contributed by atoms with Gasteiger partial charge in [0, 0.05) is 25.3 Å². The first-order chi connectivity index (χ1) is 13.4. The SMILES string of the molecule is COc1cc(CNc2cccc(S(=O)(=O)N3CCCC3)c2)ccc1OC(F)F. The van der Waals surface area contributed by atoms with E-state index in [1.807, 2.05) is 0 Å². The van der Waals surface area contributed by atoms with Crippen molar-refractivity contribution in [3.8, 4) is 11.5 Å². The summed E-state index contributed by atoms with van der Waals surface area (Å²) >= 11 is 0. The summed E-state index contributed by atoms with van der Waals surface area (Å²) in [5, 5.41) is 3.15. The molecule has 0 aromatic heterocycles. The lowest BCUT2D eigenvalue weighted by atomic mass is 10.2. The smallest absolute Gasteiger partial charge is 0.387 e. The molecule has 0 unspecified atom stereocenters. The van der Waals surface area contributed by atoms with Crippen LogP contribution in [0.5, 0.6) is 11.5 Å². The fraction of sp³-hybridized carbons (Fsp3) is 0.368. The number of nitrogens with zero attached hydrogens (tertiary/aromatic N) is 1. The van der Waals surface area contributed by atoms with E-state index in [9.17, 15) is 17.2 Å². The molecule has 9 heteroatoms. The van der Waals surface area contributed by atoms with Gasteiger partial charge in [-0.25, -0.2) is 8.42 Å². The summed E-state index contributed by atoms with van der Waals surface area (Å²) in [6.07, 6.45) is 1.76. The van der Waals surface area contributed by atoms with Gasteiger partial charge in [0.05, 0.1) is 12.0 Å². The van der Waals surface area contributed by atoms with Crippen LogP contribution in [0.25, 0.3) is 0 Å². The minimum atomic E-state index is -3.49. The molecule has 0 bridgehead atoms. The second-order valence-electron chi connectivity index (χ2n) is 6.36. The van der Waals surface area contributed by atoms with Crippen molar-refractivity contribution in [2.24, 2.45) is 0 Å². The zero-order chi connectivity index (χ0) is 20.1. The first-order valence-electron chi connectivity index (χ1n) is 8.86. The average molecular weight is 412 g/mol. The second-order valence-corrected chi connectivity index (χ2v) is 8.29. The highest BCUT2D eigenvalue weighted by Crippen LogP contribution is 2.30. The molecule has 0 amide bonds. The van der Waals surface area contributed by atoms with Crippen LogP contribution < -0.4 is 14.8 Å². The van der Waals surface area contributed by atoms with Crippen molar-refractivity contribution in [1.29, 1.82) is 0 Å². The number of halogens is 2. The van der Waals surface area contributed by atoms with Crippen molar-refractivity contribution in [2.45, 2.75) is 30.9 Å². The Hall–Kier alpha value is -2.39. The molecule has 1 saturated heterocycles. The van der Waals surface area contributed by atoms with Gasteiger partial charge in [-0.3, -0.25) is 0 Å². The quantitative estimate of drug-likeness (QED) is 0.716. The molecule has 2 aromatic carbocycles. The first-order valence-corrected chi connectivity index (χ1v) is 10.3. The van der Waals surface area contributed by atoms with Crippen LogP contribution in [0.3, 0.4) is 0 Å². The Morgan fingerprint density at radius 2 is 1.86 bits per heavy atom. The van der Waals surface area contributed by atoms with E-state index in [4.69, 9.17) is 4.74 Å². The van der Waals surface area contributed by atoms with Crippen LogP contribution in [0.4, 0.5) is 14.5 Å². The van der Waals surface area contributed by atoms with Crippen molar-refractivity contribution in [2.75, 3.05) is 25.5 Å². The number of benzene rings is 2. The van der Waals surface area contributed by atoms with Gasteiger partial charge in [0.25, 0.3) is 0 Å². The van der Waals surface area contributed by atoms with Crippen LogP contribution in [0, 0.1) is 0 Å². The minimum absolute atomic E-state index is 0.0417. The predicted molar refractivity (Wildman–Crippen MR) is 101 cm³/mol. The molecule has 1 aliphatic heterocycles. The van der Waals surface area contributed by atoms with Gasteiger partial charge in [0.2, 0.25) is 10.0 Å². The lowest BCUT2D eigenvalue weighted by Crippen LogP contribution is -2.27. The molecule has 0 spiro atoms. The molecule has 1 aliphatic rings. The van der Waals surface area contributed by atoms with Gasteiger partial charge in [-0.1, -0.05) is 12.1 Å². The van der Waals surface area contributed by atoms with Gasteiger partial charge in [-0.15, -0.1) is 0 Å². The third kappa shape index (κ3) is 4.71. The highest BCUT2D eigenvalue weighted by molar-refractivity contribution is 7.89. The maximum Gasteiger partial charge on any atom is 0.387 e. The topological polar surface area (TPSA) is 67.9 Å². The number of nitrogens with one attached hydrogen (secondary N) is 1. The molecular formula is C19H22F2N2O4S. The molecule has 1 N–H and O–H groups in total. The average Bonchev–Trinajstić information content (AvgIpc) is 3.22. The molecule has 1 heterocycles. The fourth-order valence-electron chi connectivity index (χ4n) is 3.06. The van der Waals surface area contributed by atoms with E-state index in [1.165, 1.54) is 17.5 Å². The number of methoxy groups -OCH3 is 1. The van der Waals surface area contributed by atoms with Gasteiger partial charge >= 0.3 is 6.61 Å². The molecule has 0 atom stereocenters. The Balaban J connectivity index is 1.71. The second kappa shape index (κ2) is 8.74. The summed E-state index contributed by atoms with van der Waals surface area (Å²) in [6, 6.07) is 11.3. The number of sulfonamides is 1. The monoisotopic (exact) mass is 412 g/mol. The third-order valence-corrected chi connectivity index (χ3v) is 6.37. The molecule has 0 aliphatic carbocycles. The molecule has 1 fully saturated rings. The summed E-state index contributed by atoms with van der Waals surface area (Å²) in [7, 11) is -2.11. The zero-order valence-corrected chi connectivity index (χ0v) is 16.2. The molecule has 28 heavy (non-hydrogen) atoms. The molecule has 0 saturated carbocycles. The van der Waals surface area contributed by atoms with E-state index in [0.29, 0.717) is 25.3 Å². The van der Waals surface area contributed by atoms with Crippen molar-refractivity contribution >= 4 is 15.7 Å². The van der Waals surface area contributed by atoms with Crippen LogP contribution >= 0.6 is 0 Å². The Kier molecular flexibility index (Phi) is 6.35. The standard InChI is InChI=1S/C19H22F2N2O4S/c1-26-18-11-14(7-8-17(18)27-19(20)21)13-22-15-5-4-6-16(12-15)28(24,25)23-9-2-3-10-23/h4-8,11-12,19,22H,2-3,9-10,13H2,1H3. The molecule has 152 valence electrons. The summed E-state index contributed by atoms with van der Waals surface area (Å²) in [5.41, 5.74) is 1.42. The van der Waals surface area contributed by atoms with Crippen LogP contribution in [0.15, 0.2) is 47.4 Å². The van der Waals surface area contributed by atoms with Gasteiger partial charge in [-0.2, -0.15) is 13.1 Å². The predicted octanol–water partition coefficient (Wildman–Crippen LogP) is 3.69. The minimum Gasteiger partial charge on any atom is -0.493 e. The van der Waals surface area contributed by atoms with Gasteiger partial charge in [0.15, 0.2) is 11.5 Å². The zero-order valence-electron chi connectivity index (χ0n) is 15.4. The fourth-order valence-corrected chi connectivity index (χ4v) is 4.63. The van der Waals surface area contributed by atoms with Crippen LogP contribution in [-0.4, -0.2) is 39.5 Å². The van der Waals surface area contributed by atoms with Crippen molar-refractivity contribution in [1.82, 2.24) is 4.31 Å². The molecule has 3 rings (SSSR count). The lowest BCUT2D eigenvalue weighted by Gasteiger charge is -2.16. The van der Waals surface area contributed by atoms with E-state index in [1.54, 1.807) is 36.4 Å². The van der Waals surface area contributed by atoms with E-state index in [-0.39, 0.29) is 16.4 Å². The Labute approximate surface area is 163 Å². The van der Waals surface area contributed by atoms with E-state index < -0.39 is 16.6 Å². The molecule has 0 radical (unpaired) electrons. The van der Waals surface area contributed by atoms with Gasteiger partial charge in [0.1, 0.15) is 0 Å². The van der Waals surface area contributed by atoms with Crippen molar-refractivity contribution in [3.05, 3.63) is 48.0 Å². The number of alkyl halides is 2. The number of hydrogen-bond acceptors (Lipinski definition) is 5. The Morgan fingerprint density at radius 3 is 2.54 bits per heavy atom. The highest BCUT2D eigenvalue weighted by atomic mass is 32.2. The van der Waals surface area contributed by atoms with Crippen molar-refractivity contribution in [3.63, 3.8) is 0 Å². The van der Waals surface area contributed by atoms with E-state index in [0.717, 1.165) is 18.4 Å². The van der Waals surface area contributed by atoms with Crippen LogP contribution in [-0.2, 0) is 16.6 Å². The highest BCUT2D eigenvalue weighted by Gasteiger charge is 2.27. The molecule has 2 aromatic rings. The number of rotatable bonds is 8. The third-order valence-electron chi connectivity index (χ3n) is 4.48.